The Morgan fingerprint density at radius 1 is 1.23 bits per heavy atom. The largest absolute Gasteiger partial charge is 0.490 e. The van der Waals surface area contributed by atoms with Crippen LogP contribution in [0.1, 0.15) is 42.2 Å². The van der Waals surface area contributed by atoms with Gasteiger partial charge in [0.05, 0.1) is 30.9 Å². The minimum absolute atomic E-state index is 0.0817. The summed E-state index contributed by atoms with van der Waals surface area (Å²) in [4.78, 5) is 13.7. The Morgan fingerprint density at radius 2 is 2.00 bits per heavy atom. The second-order valence-electron chi connectivity index (χ2n) is 11.1. The summed E-state index contributed by atoms with van der Waals surface area (Å²) in [5.74, 6) is 0.242. The maximum atomic E-state index is 15.9. The van der Waals surface area contributed by atoms with Crippen molar-refractivity contribution in [1.82, 2.24) is 15.0 Å². The smallest absolute Gasteiger partial charge is 0.414 e. The zero-order valence-electron chi connectivity index (χ0n) is 23.4. The first-order valence-electron chi connectivity index (χ1n) is 13.7. The first-order valence-corrected chi connectivity index (χ1v) is 16.7. The van der Waals surface area contributed by atoms with Gasteiger partial charge in [0.2, 0.25) is 8.41 Å². The van der Waals surface area contributed by atoms with E-state index < -0.39 is 14.5 Å². The lowest BCUT2D eigenvalue weighted by atomic mass is 9.86. The Hall–Kier alpha value is -3.28. The number of methoxy groups -OCH3 is 1. The van der Waals surface area contributed by atoms with E-state index in [1.165, 1.54) is 0 Å². The maximum absolute atomic E-state index is 15.9. The van der Waals surface area contributed by atoms with Crippen LogP contribution in [0.4, 0.5) is 14.6 Å². The highest BCUT2D eigenvalue weighted by Gasteiger charge is 2.47. The second-order valence-corrected chi connectivity index (χ2v) is 15.0. The number of fused-ring (bicyclic) bond motifs is 1. The molecule has 2 aromatic carbocycles. The quantitative estimate of drug-likeness (QED) is 0.269. The number of anilines is 1. The van der Waals surface area contributed by atoms with Gasteiger partial charge in [0.15, 0.2) is 0 Å². The molecule has 3 heterocycles. The van der Waals surface area contributed by atoms with E-state index in [4.69, 9.17) is 14.2 Å². The van der Waals surface area contributed by atoms with Crippen molar-refractivity contribution in [2.75, 3.05) is 31.8 Å². The van der Waals surface area contributed by atoms with Crippen LogP contribution < -0.4 is 9.64 Å². The molecule has 40 heavy (non-hydrogen) atoms. The molecule has 1 amide bonds. The number of aryl methyl sites for hydroxylation is 1. The van der Waals surface area contributed by atoms with Gasteiger partial charge in [-0.2, -0.15) is 0 Å². The molecule has 0 radical (unpaired) electrons. The van der Waals surface area contributed by atoms with Crippen LogP contribution in [0.15, 0.2) is 54.7 Å². The predicted molar refractivity (Wildman–Crippen MR) is 151 cm³/mol. The molecule has 0 aliphatic carbocycles. The Morgan fingerprint density at radius 3 is 2.65 bits per heavy atom. The number of aromatic nitrogens is 3. The van der Waals surface area contributed by atoms with Crippen molar-refractivity contribution < 1.29 is 28.2 Å². The van der Waals surface area contributed by atoms with Crippen LogP contribution in [-0.2, 0) is 16.0 Å². The molecule has 2 aliphatic rings. The van der Waals surface area contributed by atoms with Crippen LogP contribution in [0, 0.1) is 5.92 Å². The number of nitrogens with zero attached hydrogens (tertiary/aromatic N) is 4. The number of halogens is 1. The molecule has 1 saturated heterocycles. The van der Waals surface area contributed by atoms with E-state index in [0.717, 1.165) is 16.8 Å². The fourth-order valence-corrected chi connectivity index (χ4v) is 7.94. The third-order valence-electron chi connectivity index (χ3n) is 8.13. The Kier molecular flexibility index (Phi) is 8.25. The maximum Gasteiger partial charge on any atom is 0.414 e. The van der Waals surface area contributed by atoms with Gasteiger partial charge >= 0.3 is 6.09 Å². The molecule has 214 valence electrons. The van der Waals surface area contributed by atoms with E-state index in [0.29, 0.717) is 37.6 Å². The standard InChI is InChI=1S/C29H37FN4O5Si/c1-19-27(37-2)22-16-21(34-14-15-38-29(34)36)10-11-25(22)39-28(19)26(40(3,4)30)12-13-33-17-24(31-32-33)23(18-35)20-8-6-5-7-9-20/h5-11,16-17,19,23,26-28,35H,12-15,18H2,1-4H3/t19-,23?,26?,27-,28-/m1/s1. The number of rotatable bonds is 10. The molecule has 5 rings (SSSR count). The molecular weight excluding hydrogens is 531 g/mol. The van der Waals surface area contributed by atoms with Gasteiger partial charge in [-0.1, -0.05) is 42.5 Å². The van der Waals surface area contributed by atoms with Gasteiger partial charge in [-0.25, -0.2) is 4.79 Å². The van der Waals surface area contributed by atoms with Crippen molar-refractivity contribution in [1.29, 1.82) is 0 Å². The highest BCUT2D eigenvalue weighted by atomic mass is 28.4. The molecule has 1 N–H and O–H groups in total. The number of carbonyl (C=O) groups is 1. The van der Waals surface area contributed by atoms with E-state index in [1.807, 2.05) is 61.7 Å². The molecule has 0 spiro atoms. The highest BCUT2D eigenvalue weighted by Crippen LogP contribution is 2.48. The number of aliphatic hydroxyl groups is 1. The topological polar surface area (TPSA) is 98.9 Å². The molecule has 5 atom stereocenters. The van der Waals surface area contributed by atoms with Gasteiger partial charge in [0, 0.05) is 42.6 Å². The average molecular weight is 569 g/mol. The Balaban J connectivity index is 1.35. The van der Waals surface area contributed by atoms with Gasteiger partial charge in [0.25, 0.3) is 0 Å². The monoisotopic (exact) mass is 568 g/mol. The number of ether oxygens (including phenoxy) is 3. The zero-order valence-corrected chi connectivity index (χ0v) is 24.4. The van der Waals surface area contributed by atoms with Crippen molar-refractivity contribution in [3.8, 4) is 5.75 Å². The number of aliphatic hydroxyl groups excluding tert-OH is 1. The van der Waals surface area contributed by atoms with E-state index in [-0.39, 0.29) is 36.2 Å². The number of carbonyl (C=O) groups excluding carboxylic acids is 1. The van der Waals surface area contributed by atoms with E-state index in [1.54, 1.807) is 29.8 Å². The molecule has 3 aromatic rings. The van der Waals surface area contributed by atoms with Gasteiger partial charge in [-0.15, -0.1) is 5.10 Å². The van der Waals surface area contributed by atoms with Crippen molar-refractivity contribution in [2.24, 2.45) is 5.92 Å². The normalized spacial score (nSPS) is 22.4. The molecule has 0 bridgehead atoms. The first-order chi connectivity index (χ1) is 19.2. The van der Waals surface area contributed by atoms with Crippen molar-refractivity contribution >= 4 is 20.2 Å². The Labute approximate surface area is 235 Å². The summed E-state index contributed by atoms with van der Waals surface area (Å²) in [6.45, 7) is 6.71. The highest BCUT2D eigenvalue weighted by molar-refractivity contribution is 6.72. The molecule has 11 heteroatoms. The Bertz CT molecular complexity index is 1320. The van der Waals surface area contributed by atoms with Gasteiger partial charge in [0.1, 0.15) is 18.5 Å². The van der Waals surface area contributed by atoms with E-state index >= 15 is 4.11 Å². The summed E-state index contributed by atoms with van der Waals surface area (Å²) in [6.07, 6.45) is 1.27. The summed E-state index contributed by atoms with van der Waals surface area (Å²) in [5, 5.41) is 18.6. The summed E-state index contributed by atoms with van der Waals surface area (Å²) in [6, 6.07) is 15.3. The third-order valence-corrected chi connectivity index (χ3v) is 10.5. The molecule has 2 unspecified atom stereocenters. The van der Waals surface area contributed by atoms with Crippen molar-refractivity contribution in [3.05, 3.63) is 71.5 Å². The lowest BCUT2D eigenvalue weighted by Gasteiger charge is -2.43. The molecule has 1 fully saturated rings. The molecular formula is C29H37FN4O5Si. The lowest BCUT2D eigenvalue weighted by Crippen LogP contribution is -2.46. The van der Waals surface area contributed by atoms with Crippen LogP contribution in [0.5, 0.6) is 5.75 Å². The molecule has 0 saturated carbocycles. The van der Waals surface area contributed by atoms with Gasteiger partial charge in [-0.05, 0) is 43.3 Å². The summed E-state index contributed by atoms with van der Waals surface area (Å²) >= 11 is 0. The van der Waals surface area contributed by atoms with Crippen LogP contribution in [0.2, 0.25) is 18.6 Å². The van der Waals surface area contributed by atoms with Gasteiger partial charge < -0.3 is 23.4 Å². The van der Waals surface area contributed by atoms with Crippen LogP contribution in [0.3, 0.4) is 0 Å². The number of hydrogen-bond donors (Lipinski definition) is 1. The fourth-order valence-electron chi connectivity index (χ4n) is 5.97. The zero-order chi connectivity index (χ0) is 28.4. The van der Waals surface area contributed by atoms with Crippen LogP contribution in [-0.4, -0.2) is 67.6 Å². The molecule has 1 aromatic heterocycles. The number of cyclic esters (lactones) is 1. The molecule has 9 nitrogen and oxygen atoms in total. The van der Waals surface area contributed by atoms with Crippen LogP contribution in [0.25, 0.3) is 0 Å². The predicted octanol–water partition coefficient (Wildman–Crippen LogP) is 5.08. The van der Waals surface area contributed by atoms with Crippen LogP contribution >= 0.6 is 0 Å². The average Bonchev–Trinajstić information content (AvgIpc) is 3.58. The summed E-state index contributed by atoms with van der Waals surface area (Å²) in [5.41, 5.74) is 2.88. The third kappa shape index (κ3) is 5.63. The lowest BCUT2D eigenvalue weighted by molar-refractivity contribution is -0.0242. The molecule has 2 aliphatic heterocycles. The summed E-state index contributed by atoms with van der Waals surface area (Å²) < 4.78 is 35.2. The van der Waals surface area contributed by atoms with E-state index in [9.17, 15) is 9.90 Å². The van der Waals surface area contributed by atoms with E-state index in [2.05, 4.69) is 10.3 Å². The fraction of sp³-hybridized carbons (Fsp3) is 0.483. The number of benzene rings is 2. The number of hydrogen-bond acceptors (Lipinski definition) is 7. The first kappa shape index (κ1) is 28.3. The second kappa shape index (κ2) is 11.7. The minimum Gasteiger partial charge on any atom is -0.490 e. The minimum atomic E-state index is -3.20. The van der Waals surface area contributed by atoms with Gasteiger partial charge in [-0.3, -0.25) is 9.58 Å². The van der Waals surface area contributed by atoms with Crippen molar-refractivity contribution in [2.45, 2.75) is 56.7 Å². The number of amides is 1. The SMILES string of the molecule is CO[C@H]1c2cc(N3CCOC3=O)ccc2O[C@@H](C(CCn2cc(C(CO)c3ccccc3)nn2)[Si](C)(C)F)[C@@H]1C. The van der Waals surface area contributed by atoms with Crippen molar-refractivity contribution in [3.63, 3.8) is 0 Å². The summed E-state index contributed by atoms with van der Waals surface area (Å²) in [7, 11) is -1.55.